The highest BCUT2D eigenvalue weighted by Gasteiger charge is 2.30. The quantitative estimate of drug-likeness (QED) is 0.396. The van der Waals surface area contributed by atoms with Gasteiger partial charge in [-0.05, 0) is 61.4 Å². The second kappa shape index (κ2) is 7.87. The number of fused-ring (bicyclic) bond motifs is 1. The molecule has 31 heavy (non-hydrogen) atoms. The lowest BCUT2D eigenvalue weighted by atomic mass is 10.0. The number of alkyl halides is 3. The fraction of sp³-hybridized carbons (Fsp3) is 0.120. The second-order valence-corrected chi connectivity index (χ2v) is 7.40. The minimum atomic E-state index is -4.49. The molecular formula is C25H19F3N2O. The Kier molecular flexibility index (Phi) is 5.23. The number of pyridine rings is 1. The predicted molar refractivity (Wildman–Crippen MR) is 116 cm³/mol. The summed E-state index contributed by atoms with van der Waals surface area (Å²) in [4.78, 5) is 17.8. The monoisotopic (exact) mass is 420 g/mol. The fourth-order valence-corrected chi connectivity index (χ4v) is 3.38. The van der Waals surface area contributed by atoms with Gasteiger partial charge in [-0.3, -0.25) is 4.79 Å². The van der Waals surface area contributed by atoms with E-state index < -0.39 is 17.6 Å². The van der Waals surface area contributed by atoms with Gasteiger partial charge in [0.1, 0.15) is 0 Å². The van der Waals surface area contributed by atoms with Gasteiger partial charge in [0.15, 0.2) is 0 Å². The molecule has 0 aliphatic heterocycles. The number of amides is 1. The van der Waals surface area contributed by atoms with E-state index >= 15 is 0 Å². The Hall–Kier alpha value is -3.67. The number of aromatic nitrogens is 1. The van der Waals surface area contributed by atoms with Crippen LogP contribution < -0.4 is 5.32 Å². The molecule has 1 N–H and O–H groups in total. The maximum Gasteiger partial charge on any atom is 0.416 e. The maximum atomic E-state index is 13.1. The predicted octanol–water partition coefficient (Wildman–Crippen LogP) is 6.79. The molecule has 1 aromatic heterocycles. The standard InChI is InChI=1S/C25H19F3N2O/c1-15-10-11-17(12-16(15)2)23-14-21(20-8-3-4-9-22(20)30-23)24(31)29-19-7-5-6-18(13-19)25(26,27)28/h3-14H,1-2H3,(H,29,31). The fourth-order valence-electron chi connectivity index (χ4n) is 3.38. The molecule has 0 aliphatic rings. The molecule has 0 unspecified atom stereocenters. The van der Waals surface area contributed by atoms with Crippen LogP contribution in [0.25, 0.3) is 22.2 Å². The van der Waals surface area contributed by atoms with Crippen LogP contribution in [0.3, 0.4) is 0 Å². The lowest BCUT2D eigenvalue weighted by molar-refractivity contribution is -0.137. The van der Waals surface area contributed by atoms with Gasteiger partial charge in [-0.2, -0.15) is 13.2 Å². The van der Waals surface area contributed by atoms with Gasteiger partial charge < -0.3 is 5.32 Å². The molecule has 0 atom stereocenters. The Morgan fingerprint density at radius 3 is 2.39 bits per heavy atom. The molecule has 1 amide bonds. The number of para-hydroxylation sites is 1. The molecule has 6 heteroatoms. The molecule has 0 saturated carbocycles. The average molecular weight is 420 g/mol. The van der Waals surface area contributed by atoms with Crippen LogP contribution in [0, 0.1) is 13.8 Å². The van der Waals surface area contributed by atoms with E-state index in [4.69, 9.17) is 0 Å². The first-order valence-electron chi connectivity index (χ1n) is 9.68. The zero-order chi connectivity index (χ0) is 22.2. The third-order valence-electron chi connectivity index (χ3n) is 5.21. The van der Waals surface area contributed by atoms with Crippen molar-refractivity contribution in [2.24, 2.45) is 0 Å². The number of anilines is 1. The molecule has 0 fully saturated rings. The number of nitrogens with one attached hydrogen (secondary N) is 1. The number of benzene rings is 3. The van der Waals surface area contributed by atoms with E-state index in [2.05, 4.69) is 10.3 Å². The molecule has 0 spiro atoms. The Labute approximate surface area is 177 Å². The van der Waals surface area contributed by atoms with Gasteiger partial charge in [0.2, 0.25) is 0 Å². The third kappa shape index (κ3) is 4.28. The molecule has 4 aromatic rings. The van der Waals surface area contributed by atoms with Crippen molar-refractivity contribution in [3.63, 3.8) is 0 Å². The molecular weight excluding hydrogens is 401 g/mol. The normalized spacial score (nSPS) is 11.5. The smallest absolute Gasteiger partial charge is 0.322 e. The van der Waals surface area contributed by atoms with E-state index in [0.29, 0.717) is 22.2 Å². The summed E-state index contributed by atoms with van der Waals surface area (Å²) in [5.41, 5.74) is 3.96. The summed E-state index contributed by atoms with van der Waals surface area (Å²) in [7, 11) is 0. The molecule has 3 aromatic carbocycles. The largest absolute Gasteiger partial charge is 0.416 e. The Balaban J connectivity index is 1.77. The van der Waals surface area contributed by atoms with Crippen LogP contribution in [0.15, 0.2) is 72.8 Å². The van der Waals surface area contributed by atoms with Crippen molar-refractivity contribution in [2.45, 2.75) is 20.0 Å². The highest BCUT2D eigenvalue weighted by Crippen LogP contribution is 2.31. The summed E-state index contributed by atoms with van der Waals surface area (Å²) in [6, 6.07) is 19.4. The van der Waals surface area contributed by atoms with Crippen LogP contribution in [-0.2, 0) is 6.18 Å². The van der Waals surface area contributed by atoms with E-state index in [0.717, 1.165) is 28.8 Å². The zero-order valence-corrected chi connectivity index (χ0v) is 16.9. The Bertz CT molecular complexity index is 1300. The topological polar surface area (TPSA) is 42.0 Å². The van der Waals surface area contributed by atoms with Crippen molar-refractivity contribution in [3.8, 4) is 11.3 Å². The zero-order valence-electron chi connectivity index (χ0n) is 16.9. The first-order valence-corrected chi connectivity index (χ1v) is 9.68. The van der Waals surface area contributed by atoms with Gasteiger partial charge in [0.25, 0.3) is 5.91 Å². The minimum Gasteiger partial charge on any atom is -0.322 e. The van der Waals surface area contributed by atoms with Crippen LogP contribution in [0.1, 0.15) is 27.0 Å². The number of carbonyl (C=O) groups excluding carboxylic acids is 1. The number of hydrogen-bond acceptors (Lipinski definition) is 2. The van der Waals surface area contributed by atoms with Crippen molar-refractivity contribution in [2.75, 3.05) is 5.32 Å². The van der Waals surface area contributed by atoms with E-state index in [1.165, 1.54) is 12.1 Å². The van der Waals surface area contributed by atoms with Crippen LogP contribution in [0.4, 0.5) is 18.9 Å². The molecule has 156 valence electrons. The summed E-state index contributed by atoms with van der Waals surface area (Å²) in [6.07, 6.45) is -4.49. The van der Waals surface area contributed by atoms with E-state index in [1.54, 1.807) is 24.3 Å². The van der Waals surface area contributed by atoms with Crippen molar-refractivity contribution >= 4 is 22.5 Å². The highest BCUT2D eigenvalue weighted by atomic mass is 19.4. The SMILES string of the molecule is Cc1ccc(-c2cc(C(=O)Nc3cccc(C(F)(F)F)c3)c3ccccc3n2)cc1C. The van der Waals surface area contributed by atoms with Gasteiger partial charge in [-0.15, -0.1) is 0 Å². The summed E-state index contributed by atoms with van der Waals surface area (Å²) < 4.78 is 39.1. The molecule has 0 aliphatic carbocycles. The summed E-state index contributed by atoms with van der Waals surface area (Å²) in [5, 5.41) is 3.22. The van der Waals surface area contributed by atoms with E-state index in [1.807, 2.05) is 38.1 Å². The first-order chi connectivity index (χ1) is 14.7. The number of carbonyl (C=O) groups is 1. The van der Waals surface area contributed by atoms with Crippen molar-refractivity contribution < 1.29 is 18.0 Å². The molecule has 1 heterocycles. The van der Waals surface area contributed by atoms with Gasteiger partial charge >= 0.3 is 6.18 Å². The van der Waals surface area contributed by atoms with Crippen LogP contribution in [0.5, 0.6) is 0 Å². The Morgan fingerprint density at radius 1 is 0.871 bits per heavy atom. The number of hydrogen-bond donors (Lipinski definition) is 1. The molecule has 0 bridgehead atoms. The van der Waals surface area contributed by atoms with Crippen molar-refractivity contribution in [1.29, 1.82) is 0 Å². The summed E-state index contributed by atoms with van der Waals surface area (Å²) in [6.45, 7) is 4.02. The highest BCUT2D eigenvalue weighted by molar-refractivity contribution is 6.13. The lowest BCUT2D eigenvalue weighted by Gasteiger charge is -2.13. The molecule has 4 rings (SSSR count). The number of aryl methyl sites for hydroxylation is 2. The maximum absolute atomic E-state index is 13.1. The minimum absolute atomic E-state index is 0.0773. The van der Waals surface area contributed by atoms with Crippen molar-refractivity contribution in [3.05, 3.63) is 95.1 Å². The number of nitrogens with zero attached hydrogens (tertiary/aromatic N) is 1. The van der Waals surface area contributed by atoms with Gasteiger partial charge in [0.05, 0.1) is 22.3 Å². The van der Waals surface area contributed by atoms with Gasteiger partial charge in [-0.1, -0.05) is 36.4 Å². The third-order valence-corrected chi connectivity index (χ3v) is 5.21. The molecule has 0 radical (unpaired) electrons. The van der Waals surface area contributed by atoms with Crippen molar-refractivity contribution in [1.82, 2.24) is 4.98 Å². The Morgan fingerprint density at radius 2 is 1.65 bits per heavy atom. The van der Waals surface area contributed by atoms with Crippen LogP contribution >= 0.6 is 0 Å². The van der Waals surface area contributed by atoms with Gasteiger partial charge in [-0.25, -0.2) is 4.98 Å². The first kappa shape index (κ1) is 20.6. The number of rotatable bonds is 3. The summed E-state index contributed by atoms with van der Waals surface area (Å²) >= 11 is 0. The number of halogens is 3. The van der Waals surface area contributed by atoms with Gasteiger partial charge in [0, 0.05) is 16.6 Å². The lowest BCUT2D eigenvalue weighted by Crippen LogP contribution is -2.14. The average Bonchev–Trinajstić information content (AvgIpc) is 2.74. The molecule has 3 nitrogen and oxygen atoms in total. The second-order valence-electron chi connectivity index (χ2n) is 7.40. The summed E-state index contributed by atoms with van der Waals surface area (Å²) in [5.74, 6) is -0.497. The van der Waals surface area contributed by atoms with E-state index in [9.17, 15) is 18.0 Å². The van der Waals surface area contributed by atoms with E-state index in [-0.39, 0.29) is 5.69 Å². The van der Waals surface area contributed by atoms with Crippen LogP contribution in [-0.4, -0.2) is 10.9 Å². The van der Waals surface area contributed by atoms with Crippen LogP contribution in [0.2, 0.25) is 0 Å². The molecule has 0 saturated heterocycles.